The van der Waals surface area contributed by atoms with Crippen LogP contribution in [0.15, 0.2) is 75.1 Å². The number of ether oxygens (including phenoxy) is 2. The van der Waals surface area contributed by atoms with E-state index in [4.69, 9.17) is 13.9 Å². The van der Waals surface area contributed by atoms with Crippen LogP contribution in [0.2, 0.25) is 0 Å². The van der Waals surface area contributed by atoms with Crippen molar-refractivity contribution in [3.05, 3.63) is 66.6 Å². The predicted molar refractivity (Wildman–Crippen MR) is 116 cm³/mol. The number of nitrogens with one attached hydrogen (secondary N) is 2. The maximum atomic E-state index is 12.5. The lowest BCUT2D eigenvalue weighted by Gasteiger charge is -2.18. The van der Waals surface area contributed by atoms with Crippen LogP contribution in [0, 0.1) is 0 Å². The van der Waals surface area contributed by atoms with Gasteiger partial charge in [0.1, 0.15) is 19.0 Å². The van der Waals surface area contributed by atoms with Gasteiger partial charge in [-0.05, 0) is 48.5 Å². The third-order valence-electron chi connectivity index (χ3n) is 4.33. The van der Waals surface area contributed by atoms with Crippen LogP contribution in [0.4, 0.5) is 5.69 Å². The highest BCUT2D eigenvalue weighted by Gasteiger charge is 2.16. The van der Waals surface area contributed by atoms with Gasteiger partial charge in [-0.15, -0.1) is 11.8 Å². The number of rotatable bonds is 8. The molecule has 0 spiro atoms. The quantitative estimate of drug-likeness (QED) is 0.497. The van der Waals surface area contributed by atoms with E-state index in [9.17, 15) is 13.2 Å². The van der Waals surface area contributed by atoms with Crippen LogP contribution >= 0.6 is 11.8 Å². The highest BCUT2D eigenvalue weighted by atomic mass is 32.2. The first kappa shape index (κ1) is 21.3. The largest absolute Gasteiger partial charge is 0.486 e. The number of hydrogen-bond acceptors (Lipinski definition) is 7. The molecular weight excluding hydrogens is 440 g/mol. The van der Waals surface area contributed by atoms with Crippen molar-refractivity contribution in [3.8, 4) is 11.5 Å². The second kappa shape index (κ2) is 9.46. The molecule has 0 bridgehead atoms. The first-order valence-corrected chi connectivity index (χ1v) is 11.9. The zero-order valence-corrected chi connectivity index (χ0v) is 18.0. The summed E-state index contributed by atoms with van der Waals surface area (Å²) in [5.41, 5.74) is 0.397. The van der Waals surface area contributed by atoms with Crippen molar-refractivity contribution in [1.82, 2.24) is 4.72 Å². The Kier molecular flexibility index (Phi) is 6.50. The number of amides is 1. The van der Waals surface area contributed by atoms with E-state index in [1.165, 1.54) is 30.2 Å². The number of carbonyl (C=O) groups excluding carboxylic acids is 1. The summed E-state index contributed by atoms with van der Waals surface area (Å²) in [5, 5.41) is 2.73. The molecule has 0 radical (unpaired) electrons. The Hall–Kier alpha value is -2.95. The lowest BCUT2D eigenvalue weighted by atomic mass is 10.3. The minimum atomic E-state index is -3.75. The second-order valence-electron chi connectivity index (χ2n) is 6.57. The number of anilines is 1. The molecule has 0 saturated heterocycles. The Morgan fingerprint density at radius 3 is 2.65 bits per heavy atom. The fourth-order valence-corrected chi connectivity index (χ4v) is 4.63. The molecule has 8 nitrogen and oxygen atoms in total. The monoisotopic (exact) mass is 460 g/mol. The lowest BCUT2D eigenvalue weighted by molar-refractivity contribution is -0.113. The summed E-state index contributed by atoms with van der Waals surface area (Å²) in [4.78, 5) is 13.3. The van der Waals surface area contributed by atoms with Gasteiger partial charge in [0.15, 0.2) is 11.5 Å². The maximum Gasteiger partial charge on any atom is 0.241 e. The van der Waals surface area contributed by atoms with E-state index in [0.29, 0.717) is 36.2 Å². The second-order valence-corrected chi connectivity index (χ2v) is 9.39. The van der Waals surface area contributed by atoms with E-state index >= 15 is 0 Å². The zero-order chi connectivity index (χ0) is 21.7. The van der Waals surface area contributed by atoms with Crippen molar-refractivity contribution < 1.29 is 27.1 Å². The Bertz CT molecular complexity index is 1160. The number of benzene rings is 2. The normalized spacial score (nSPS) is 13.0. The Balaban J connectivity index is 1.34. The SMILES string of the molecule is O=C(CSc1ccc2c(c1)OCCO2)Nc1cccc(S(=O)(=O)NCc2ccco2)c1. The van der Waals surface area contributed by atoms with Crippen molar-refractivity contribution in [2.75, 3.05) is 24.3 Å². The van der Waals surface area contributed by atoms with Gasteiger partial charge in [-0.3, -0.25) is 4.79 Å². The van der Waals surface area contributed by atoms with Crippen molar-refractivity contribution in [2.45, 2.75) is 16.3 Å². The van der Waals surface area contributed by atoms with Crippen LogP contribution in [0.25, 0.3) is 0 Å². The van der Waals surface area contributed by atoms with Gasteiger partial charge in [0.25, 0.3) is 0 Å². The van der Waals surface area contributed by atoms with E-state index in [1.54, 1.807) is 24.3 Å². The molecule has 3 aromatic rings. The van der Waals surface area contributed by atoms with Gasteiger partial charge in [-0.1, -0.05) is 6.07 Å². The third-order valence-corrected chi connectivity index (χ3v) is 6.72. The number of thioether (sulfide) groups is 1. The average molecular weight is 461 g/mol. The Morgan fingerprint density at radius 1 is 1.00 bits per heavy atom. The summed E-state index contributed by atoms with van der Waals surface area (Å²) < 4.78 is 43.6. The van der Waals surface area contributed by atoms with Crippen LogP contribution in [0.1, 0.15) is 5.76 Å². The van der Waals surface area contributed by atoms with Gasteiger partial charge in [0, 0.05) is 10.6 Å². The Labute approximate surface area is 184 Å². The number of furan rings is 1. The standard InChI is InChI=1S/C21H20N2O6S2/c24-21(14-30-17-6-7-19-20(12-17)29-10-9-28-19)23-15-3-1-5-18(11-15)31(25,26)22-13-16-4-2-8-27-16/h1-8,11-12,22H,9-10,13-14H2,(H,23,24). The molecule has 2 N–H and O–H groups in total. The summed E-state index contributed by atoms with van der Waals surface area (Å²) in [6.45, 7) is 1.06. The van der Waals surface area contributed by atoms with Gasteiger partial charge in [-0.25, -0.2) is 13.1 Å². The molecule has 2 heterocycles. The van der Waals surface area contributed by atoms with Crippen molar-refractivity contribution in [3.63, 3.8) is 0 Å². The van der Waals surface area contributed by atoms with Crippen LogP contribution < -0.4 is 19.5 Å². The molecule has 4 rings (SSSR count). The molecule has 1 amide bonds. The highest BCUT2D eigenvalue weighted by molar-refractivity contribution is 8.00. The smallest absolute Gasteiger partial charge is 0.241 e. The molecule has 1 aliphatic rings. The van der Waals surface area contributed by atoms with Crippen molar-refractivity contribution in [2.24, 2.45) is 0 Å². The lowest BCUT2D eigenvalue weighted by Crippen LogP contribution is -2.23. The minimum Gasteiger partial charge on any atom is -0.486 e. The number of hydrogen-bond donors (Lipinski definition) is 2. The topological polar surface area (TPSA) is 107 Å². The van der Waals surface area contributed by atoms with Crippen LogP contribution in [-0.2, 0) is 21.4 Å². The fourth-order valence-electron chi connectivity index (χ4n) is 2.86. The molecule has 2 aromatic carbocycles. The van der Waals surface area contributed by atoms with Gasteiger partial charge >= 0.3 is 0 Å². The molecule has 0 fully saturated rings. The summed E-state index contributed by atoms with van der Waals surface area (Å²) in [6, 6.07) is 15.0. The van der Waals surface area contributed by atoms with Crippen LogP contribution in [0.5, 0.6) is 11.5 Å². The summed E-state index contributed by atoms with van der Waals surface area (Å²) >= 11 is 1.35. The van der Waals surface area contributed by atoms with E-state index in [2.05, 4.69) is 10.0 Å². The first-order valence-electron chi connectivity index (χ1n) is 9.44. The summed E-state index contributed by atoms with van der Waals surface area (Å²) in [7, 11) is -3.75. The molecule has 0 aliphatic carbocycles. The highest BCUT2D eigenvalue weighted by Crippen LogP contribution is 2.34. The third kappa shape index (κ3) is 5.60. The van der Waals surface area contributed by atoms with Gasteiger partial charge in [0.2, 0.25) is 15.9 Å². The van der Waals surface area contributed by atoms with E-state index in [0.717, 1.165) is 4.90 Å². The fraction of sp³-hybridized carbons (Fsp3) is 0.190. The molecule has 10 heteroatoms. The van der Waals surface area contributed by atoms with Crippen molar-refractivity contribution in [1.29, 1.82) is 0 Å². The van der Waals surface area contributed by atoms with E-state index < -0.39 is 10.0 Å². The number of sulfonamides is 1. The molecule has 0 unspecified atom stereocenters. The molecule has 1 aromatic heterocycles. The van der Waals surface area contributed by atoms with Crippen LogP contribution in [0.3, 0.4) is 0 Å². The minimum absolute atomic E-state index is 0.0398. The number of carbonyl (C=O) groups is 1. The van der Waals surface area contributed by atoms with Crippen LogP contribution in [-0.4, -0.2) is 33.3 Å². The maximum absolute atomic E-state index is 12.5. The molecule has 31 heavy (non-hydrogen) atoms. The summed E-state index contributed by atoms with van der Waals surface area (Å²) in [5.74, 6) is 1.77. The van der Waals surface area contributed by atoms with Gasteiger partial charge in [-0.2, -0.15) is 0 Å². The first-order chi connectivity index (χ1) is 15.0. The van der Waals surface area contributed by atoms with Gasteiger partial charge < -0.3 is 19.2 Å². The predicted octanol–water partition coefficient (Wildman–Crippen LogP) is 3.26. The average Bonchev–Trinajstić information content (AvgIpc) is 3.30. The van der Waals surface area contributed by atoms with E-state index in [-0.39, 0.29) is 23.1 Å². The molecule has 162 valence electrons. The number of fused-ring (bicyclic) bond motifs is 1. The molecule has 1 aliphatic heterocycles. The van der Waals surface area contributed by atoms with Gasteiger partial charge in [0.05, 0.1) is 23.5 Å². The molecule has 0 saturated carbocycles. The molecular formula is C21H20N2O6S2. The zero-order valence-electron chi connectivity index (χ0n) is 16.4. The van der Waals surface area contributed by atoms with E-state index in [1.807, 2.05) is 18.2 Å². The van der Waals surface area contributed by atoms with Crippen molar-refractivity contribution >= 4 is 33.4 Å². The molecule has 0 atom stereocenters. The summed E-state index contributed by atoms with van der Waals surface area (Å²) in [6.07, 6.45) is 1.47. The Morgan fingerprint density at radius 2 is 1.84 bits per heavy atom.